The second-order valence-corrected chi connectivity index (χ2v) is 7.02. The van der Waals surface area contributed by atoms with Crippen molar-refractivity contribution in [3.8, 4) is 11.5 Å². The topological polar surface area (TPSA) is 67.9 Å². The first-order valence-corrected chi connectivity index (χ1v) is 9.10. The average molecular weight is 421 g/mol. The molecular formula is C20H18Cl2N2O4. The molecule has 1 saturated heterocycles. The summed E-state index contributed by atoms with van der Waals surface area (Å²) < 4.78 is 10.6. The van der Waals surface area contributed by atoms with Crippen molar-refractivity contribution in [2.24, 2.45) is 0 Å². The fourth-order valence-electron chi connectivity index (χ4n) is 2.84. The molecule has 1 N–H and O–H groups in total. The Balaban J connectivity index is 1.89. The molecule has 6 nitrogen and oxygen atoms in total. The maximum absolute atomic E-state index is 12.7. The Morgan fingerprint density at radius 3 is 2.39 bits per heavy atom. The van der Waals surface area contributed by atoms with Crippen LogP contribution in [0.2, 0.25) is 10.0 Å². The Hall–Kier alpha value is -2.70. The molecule has 0 radical (unpaired) electrons. The van der Waals surface area contributed by atoms with Crippen LogP contribution in [0.25, 0.3) is 6.08 Å². The predicted octanol–water partition coefficient (Wildman–Crippen LogP) is 4.41. The summed E-state index contributed by atoms with van der Waals surface area (Å²) in [7, 11) is 3.08. The molecule has 2 aromatic rings. The van der Waals surface area contributed by atoms with E-state index in [4.69, 9.17) is 32.7 Å². The first kappa shape index (κ1) is 20.0. The number of hydrogen-bond donors (Lipinski definition) is 1. The van der Waals surface area contributed by atoms with E-state index in [9.17, 15) is 9.59 Å². The quantitative estimate of drug-likeness (QED) is 0.574. The Bertz CT molecular complexity index is 988. The summed E-state index contributed by atoms with van der Waals surface area (Å²) in [6.07, 6.45) is 1.61. The lowest BCUT2D eigenvalue weighted by atomic mass is 10.1. The number of nitrogens with one attached hydrogen (secondary N) is 1. The first-order chi connectivity index (χ1) is 13.3. The van der Waals surface area contributed by atoms with Gasteiger partial charge in [0.15, 0.2) is 11.5 Å². The van der Waals surface area contributed by atoms with Crippen LogP contribution in [-0.4, -0.2) is 31.1 Å². The summed E-state index contributed by atoms with van der Waals surface area (Å²) in [5.74, 6) is 0.676. The number of hydrogen-bond acceptors (Lipinski definition) is 4. The van der Waals surface area contributed by atoms with Gasteiger partial charge in [0.2, 0.25) is 0 Å². The van der Waals surface area contributed by atoms with Crippen LogP contribution in [0.4, 0.5) is 4.79 Å². The van der Waals surface area contributed by atoms with Gasteiger partial charge in [-0.25, -0.2) is 4.79 Å². The third-order valence-corrected chi connectivity index (χ3v) is 4.96. The Kier molecular flexibility index (Phi) is 5.82. The second kappa shape index (κ2) is 8.12. The van der Waals surface area contributed by atoms with Crippen molar-refractivity contribution in [2.75, 3.05) is 14.2 Å². The van der Waals surface area contributed by atoms with Gasteiger partial charge in [-0.15, -0.1) is 0 Å². The summed E-state index contributed by atoms with van der Waals surface area (Å²) in [5.41, 5.74) is 2.39. The highest BCUT2D eigenvalue weighted by Gasteiger charge is 2.34. The van der Waals surface area contributed by atoms with Crippen molar-refractivity contribution < 1.29 is 19.1 Å². The molecule has 0 unspecified atom stereocenters. The molecule has 1 aliphatic heterocycles. The first-order valence-electron chi connectivity index (χ1n) is 8.35. The smallest absolute Gasteiger partial charge is 0.329 e. The van der Waals surface area contributed by atoms with E-state index in [1.807, 2.05) is 6.92 Å². The zero-order valence-corrected chi connectivity index (χ0v) is 17.0. The highest BCUT2D eigenvalue weighted by atomic mass is 35.5. The summed E-state index contributed by atoms with van der Waals surface area (Å²) in [4.78, 5) is 26.2. The highest BCUT2D eigenvalue weighted by Crippen LogP contribution is 2.32. The number of amides is 3. The van der Waals surface area contributed by atoms with E-state index in [0.29, 0.717) is 27.1 Å². The number of carbonyl (C=O) groups is 2. The van der Waals surface area contributed by atoms with Crippen LogP contribution in [0, 0.1) is 6.92 Å². The SMILES string of the molecule is COc1cc(C)c(/C=C2\NC(=O)N(Cc3ccc(Cl)cc3Cl)C2=O)cc1OC. The average Bonchev–Trinajstić information content (AvgIpc) is 2.92. The Labute approximate surface area is 172 Å². The normalized spacial score (nSPS) is 15.2. The van der Waals surface area contributed by atoms with E-state index in [1.165, 1.54) is 7.11 Å². The van der Waals surface area contributed by atoms with E-state index in [-0.39, 0.29) is 12.2 Å². The largest absolute Gasteiger partial charge is 0.493 e. The molecule has 0 aliphatic carbocycles. The minimum atomic E-state index is -0.514. The lowest BCUT2D eigenvalue weighted by Gasteiger charge is -2.13. The van der Waals surface area contributed by atoms with Gasteiger partial charge in [0.1, 0.15) is 5.70 Å². The molecule has 3 rings (SSSR count). The maximum Gasteiger partial charge on any atom is 0.329 e. The van der Waals surface area contributed by atoms with Crippen LogP contribution < -0.4 is 14.8 Å². The minimum absolute atomic E-state index is 0.0446. The number of imide groups is 1. The molecule has 1 fully saturated rings. The zero-order valence-electron chi connectivity index (χ0n) is 15.5. The molecule has 3 amide bonds. The molecule has 0 atom stereocenters. The van der Waals surface area contributed by atoms with Gasteiger partial charge in [-0.1, -0.05) is 29.3 Å². The maximum atomic E-state index is 12.7. The molecule has 1 aliphatic rings. The predicted molar refractivity (Wildman–Crippen MR) is 108 cm³/mol. The van der Waals surface area contributed by atoms with Crippen molar-refractivity contribution in [3.05, 3.63) is 62.8 Å². The molecule has 0 spiro atoms. The number of methoxy groups -OCH3 is 2. The van der Waals surface area contributed by atoms with Gasteiger partial charge in [0.25, 0.3) is 5.91 Å². The monoisotopic (exact) mass is 420 g/mol. The Morgan fingerprint density at radius 2 is 1.75 bits per heavy atom. The minimum Gasteiger partial charge on any atom is -0.493 e. The molecule has 1 heterocycles. The van der Waals surface area contributed by atoms with Gasteiger partial charge in [-0.2, -0.15) is 0 Å². The van der Waals surface area contributed by atoms with E-state index in [2.05, 4.69) is 5.32 Å². The lowest BCUT2D eigenvalue weighted by Crippen LogP contribution is -2.30. The summed E-state index contributed by atoms with van der Waals surface area (Å²) in [5, 5.41) is 3.48. The summed E-state index contributed by atoms with van der Waals surface area (Å²) in [6, 6.07) is 7.95. The van der Waals surface area contributed by atoms with Crippen molar-refractivity contribution >= 4 is 41.2 Å². The van der Waals surface area contributed by atoms with Crippen LogP contribution in [0.3, 0.4) is 0 Å². The third-order valence-electron chi connectivity index (χ3n) is 4.38. The molecule has 0 bridgehead atoms. The molecule has 2 aromatic carbocycles. The lowest BCUT2D eigenvalue weighted by molar-refractivity contribution is -0.123. The van der Waals surface area contributed by atoms with E-state index < -0.39 is 11.9 Å². The van der Waals surface area contributed by atoms with Crippen LogP contribution >= 0.6 is 23.2 Å². The van der Waals surface area contributed by atoms with Crippen LogP contribution in [0.1, 0.15) is 16.7 Å². The number of carbonyl (C=O) groups excluding carboxylic acids is 2. The van der Waals surface area contributed by atoms with Gasteiger partial charge in [0.05, 0.1) is 20.8 Å². The summed E-state index contributed by atoms with van der Waals surface area (Å²) in [6.45, 7) is 1.92. The van der Waals surface area contributed by atoms with Crippen molar-refractivity contribution in [1.29, 1.82) is 0 Å². The number of rotatable bonds is 5. The molecule has 0 saturated carbocycles. The third kappa shape index (κ3) is 3.93. The second-order valence-electron chi connectivity index (χ2n) is 6.18. The molecule has 0 aromatic heterocycles. The van der Waals surface area contributed by atoms with Gasteiger partial charge >= 0.3 is 6.03 Å². The number of aryl methyl sites for hydroxylation is 1. The van der Waals surface area contributed by atoms with Gasteiger partial charge in [0, 0.05) is 10.0 Å². The molecule has 8 heteroatoms. The van der Waals surface area contributed by atoms with Crippen molar-refractivity contribution in [1.82, 2.24) is 10.2 Å². The summed E-state index contributed by atoms with van der Waals surface area (Å²) >= 11 is 12.1. The number of halogens is 2. The number of ether oxygens (including phenoxy) is 2. The van der Waals surface area contributed by atoms with E-state index >= 15 is 0 Å². The van der Waals surface area contributed by atoms with Gasteiger partial charge in [-0.3, -0.25) is 9.69 Å². The van der Waals surface area contributed by atoms with Crippen molar-refractivity contribution in [2.45, 2.75) is 13.5 Å². The van der Waals surface area contributed by atoms with Crippen LogP contribution in [-0.2, 0) is 11.3 Å². The number of benzene rings is 2. The fourth-order valence-corrected chi connectivity index (χ4v) is 3.31. The highest BCUT2D eigenvalue weighted by molar-refractivity contribution is 6.35. The van der Waals surface area contributed by atoms with Crippen LogP contribution in [0.15, 0.2) is 36.0 Å². The van der Waals surface area contributed by atoms with Gasteiger partial charge < -0.3 is 14.8 Å². The Morgan fingerprint density at radius 1 is 1.07 bits per heavy atom. The number of urea groups is 1. The van der Waals surface area contributed by atoms with Gasteiger partial charge in [-0.05, 0) is 54.0 Å². The van der Waals surface area contributed by atoms with Crippen molar-refractivity contribution in [3.63, 3.8) is 0 Å². The van der Waals surface area contributed by atoms with E-state index in [1.54, 1.807) is 43.5 Å². The zero-order chi connectivity index (χ0) is 20.4. The van der Waals surface area contributed by atoms with E-state index in [0.717, 1.165) is 16.0 Å². The molecule has 146 valence electrons. The molecule has 28 heavy (non-hydrogen) atoms. The van der Waals surface area contributed by atoms with Crippen LogP contribution in [0.5, 0.6) is 11.5 Å². The fraction of sp³-hybridized carbons (Fsp3) is 0.200. The molecular weight excluding hydrogens is 403 g/mol. The number of nitrogens with zero attached hydrogens (tertiary/aromatic N) is 1. The standard InChI is InChI=1S/C20H18Cl2N2O4/c1-11-6-17(27-2)18(28-3)8-13(11)7-16-19(25)24(20(26)23-16)10-12-4-5-14(21)9-15(12)22/h4-9H,10H2,1-3H3,(H,23,26)/b16-7-.